The van der Waals surface area contributed by atoms with E-state index in [1.807, 2.05) is 43.5 Å². The summed E-state index contributed by atoms with van der Waals surface area (Å²) in [4.78, 5) is 18.6. The highest BCUT2D eigenvalue weighted by Crippen LogP contribution is 2.58. The van der Waals surface area contributed by atoms with Gasteiger partial charge in [0.05, 0.1) is 20.3 Å². The molecule has 10 nitrogen and oxygen atoms in total. The topological polar surface area (TPSA) is 125 Å². The van der Waals surface area contributed by atoms with Crippen LogP contribution in [0.25, 0.3) is 0 Å². The Morgan fingerprint density at radius 1 is 1.07 bits per heavy atom. The molecule has 4 aromatic rings. The minimum absolute atomic E-state index is 0.0676. The summed E-state index contributed by atoms with van der Waals surface area (Å²) in [5.74, 6) is 2.89. The van der Waals surface area contributed by atoms with Gasteiger partial charge in [-0.1, -0.05) is 49.2 Å². The van der Waals surface area contributed by atoms with E-state index in [-0.39, 0.29) is 34.7 Å². The van der Waals surface area contributed by atoms with Crippen LogP contribution in [-0.4, -0.2) is 54.1 Å². The van der Waals surface area contributed by atoms with Crippen LogP contribution < -0.4 is 19.5 Å². The summed E-state index contributed by atoms with van der Waals surface area (Å²) in [5.41, 5.74) is 5.49. The van der Waals surface area contributed by atoms with Crippen molar-refractivity contribution in [3.05, 3.63) is 106 Å². The van der Waals surface area contributed by atoms with Crippen LogP contribution >= 0.6 is 11.6 Å². The van der Waals surface area contributed by atoms with Crippen LogP contribution in [0.1, 0.15) is 99.1 Å². The van der Waals surface area contributed by atoms with Crippen LogP contribution in [0.2, 0.25) is 5.02 Å². The molecule has 59 heavy (non-hydrogen) atoms. The lowest BCUT2D eigenvalue weighted by Crippen LogP contribution is -2.53. The fourth-order valence-electron chi connectivity index (χ4n) is 10.1. The Balaban J connectivity index is 1.05. The van der Waals surface area contributed by atoms with E-state index in [0.29, 0.717) is 54.9 Å². The summed E-state index contributed by atoms with van der Waals surface area (Å²) in [6.45, 7) is 7.37. The van der Waals surface area contributed by atoms with Crippen molar-refractivity contribution in [2.45, 2.75) is 113 Å². The Hall–Kier alpha value is -4.16. The van der Waals surface area contributed by atoms with E-state index >= 15 is 0 Å². The highest BCUT2D eigenvalue weighted by molar-refractivity contribution is 7.93. The molecule has 1 fully saturated rings. The summed E-state index contributed by atoms with van der Waals surface area (Å²) in [6, 6.07) is 20.6. The molecule has 3 aromatic carbocycles. The standard InChI is InChI=1S/C47H55ClN2O8S/c1-30-11-13-38(14-12-30)59(52,53)57-29-37-16-22-55-42-27-39-33(25-43(42)58-37)24-34(23-31(2)28-56-41-15-21-49-40-10-5-7-32(3)44(40)41)46(39)17-19-47(20-18-46,45(51)54-4)50-36-9-6-8-35(48)26-36/h6,8-9,11-15,21,25-27,31-32,34,37,50H,5,7,10,16-20,22-24,28-29H2,1-4H3/p+1/t31-,32-,34+,37+,46?,47?/m1/s1. The van der Waals surface area contributed by atoms with Crippen LogP contribution in [0, 0.1) is 18.8 Å². The second-order valence-corrected chi connectivity index (χ2v) is 19.4. The Labute approximate surface area is 354 Å². The fraction of sp³-hybridized carbons (Fsp3) is 0.489. The molecule has 8 rings (SSSR count). The first-order valence-electron chi connectivity index (χ1n) is 21.1. The van der Waals surface area contributed by atoms with Crippen LogP contribution in [0.4, 0.5) is 5.69 Å². The first-order valence-corrected chi connectivity index (χ1v) is 22.9. The molecular weight excluding hydrogens is 788 g/mol. The zero-order valence-corrected chi connectivity index (χ0v) is 36.0. The van der Waals surface area contributed by atoms with Crippen LogP contribution in [0.3, 0.4) is 0 Å². The molecule has 4 aliphatic rings. The number of carbonyl (C=O) groups is 1. The number of fused-ring (bicyclic) bond motifs is 4. The largest absolute Gasteiger partial charge is 0.493 e. The first kappa shape index (κ1) is 41.6. The quantitative estimate of drug-likeness (QED) is 0.105. The van der Waals surface area contributed by atoms with Gasteiger partial charge >= 0.3 is 16.5 Å². The van der Waals surface area contributed by atoms with Crippen molar-refractivity contribution in [1.82, 2.24) is 4.98 Å². The smallest absolute Gasteiger partial charge is 0.388 e. The predicted octanol–water partition coefficient (Wildman–Crippen LogP) is 10.1. The SMILES string of the molecule is COC(=O)C1(Nc2cccc(Cl)c2)CCC2(CC1)c1cc3c(cc1C[C@@H]2C[C@@H](C)COc1ccnc2c1[C@H](C)CCC2)O[C@H](CO[S+](=O)(O)c1ccc(C)cc1)CCO3. The maximum atomic E-state index is 13.7. The molecule has 3 aliphatic carbocycles. The molecule has 1 saturated carbocycles. The van der Waals surface area contributed by atoms with Crippen LogP contribution in [0.15, 0.2) is 77.8 Å². The molecule has 12 heteroatoms. The molecule has 1 aromatic heterocycles. The average Bonchev–Trinajstić information content (AvgIpc) is 3.34. The van der Waals surface area contributed by atoms with Gasteiger partial charge in [0.25, 0.3) is 0 Å². The van der Waals surface area contributed by atoms with Gasteiger partial charge in [-0.25, -0.2) is 4.79 Å². The van der Waals surface area contributed by atoms with Crippen molar-refractivity contribution < 1.29 is 36.7 Å². The van der Waals surface area contributed by atoms with Crippen molar-refractivity contribution in [2.24, 2.45) is 11.8 Å². The van der Waals surface area contributed by atoms with Crippen molar-refractivity contribution >= 4 is 33.8 Å². The van der Waals surface area contributed by atoms with E-state index in [0.717, 1.165) is 67.6 Å². The summed E-state index contributed by atoms with van der Waals surface area (Å²) >= 11 is 6.37. The highest BCUT2D eigenvalue weighted by Gasteiger charge is 2.55. The number of anilines is 1. The monoisotopic (exact) mass is 843 g/mol. The number of hydrogen-bond acceptors (Lipinski definition) is 9. The van der Waals surface area contributed by atoms with Gasteiger partial charge in [0.15, 0.2) is 11.5 Å². The van der Waals surface area contributed by atoms with E-state index in [1.165, 1.54) is 23.8 Å². The van der Waals surface area contributed by atoms with Gasteiger partial charge in [0.2, 0.25) is 4.90 Å². The molecule has 1 aliphatic heterocycles. The number of pyridine rings is 1. The number of esters is 1. The van der Waals surface area contributed by atoms with Gasteiger partial charge in [-0.05, 0) is 152 Å². The highest BCUT2D eigenvalue weighted by atomic mass is 35.5. The number of hydrogen-bond donors (Lipinski definition) is 2. The van der Waals surface area contributed by atoms with Crippen molar-refractivity contribution in [3.63, 3.8) is 0 Å². The number of nitrogens with one attached hydrogen (secondary N) is 1. The van der Waals surface area contributed by atoms with Gasteiger partial charge in [0.1, 0.15) is 24.0 Å². The number of ether oxygens (including phenoxy) is 4. The van der Waals surface area contributed by atoms with Crippen LogP contribution in [0.5, 0.6) is 17.2 Å². The Bertz CT molecular complexity index is 2210. The molecule has 0 amide bonds. The molecule has 314 valence electrons. The van der Waals surface area contributed by atoms with Crippen LogP contribution in [-0.2, 0) is 46.7 Å². The summed E-state index contributed by atoms with van der Waals surface area (Å²) in [7, 11) is -2.26. The van der Waals surface area contributed by atoms with Gasteiger partial charge in [-0.15, -0.1) is 4.18 Å². The van der Waals surface area contributed by atoms with Gasteiger partial charge in [-0.3, -0.25) is 4.98 Å². The maximum absolute atomic E-state index is 13.7. The Morgan fingerprint density at radius 2 is 1.86 bits per heavy atom. The second-order valence-electron chi connectivity index (χ2n) is 17.3. The number of halogens is 1. The lowest BCUT2D eigenvalue weighted by molar-refractivity contribution is -0.148. The van der Waals surface area contributed by atoms with E-state index in [9.17, 15) is 13.6 Å². The first-order chi connectivity index (χ1) is 28.4. The third-order valence-corrected chi connectivity index (χ3v) is 14.8. The van der Waals surface area contributed by atoms with E-state index < -0.39 is 22.1 Å². The van der Waals surface area contributed by atoms with Crippen molar-refractivity contribution in [2.75, 3.05) is 32.2 Å². The Morgan fingerprint density at radius 3 is 2.63 bits per heavy atom. The number of aryl methyl sites for hydroxylation is 2. The van der Waals surface area contributed by atoms with Crippen molar-refractivity contribution in [1.29, 1.82) is 0 Å². The molecule has 0 radical (unpaired) electrons. The van der Waals surface area contributed by atoms with Gasteiger partial charge in [0, 0.05) is 34.6 Å². The number of aromatic nitrogens is 1. The molecule has 1 spiro atoms. The number of methoxy groups -OCH3 is 1. The van der Waals surface area contributed by atoms with E-state index in [4.69, 9.17) is 34.7 Å². The van der Waals surface area contributed by atoms with Crippen molar-refractivity contribution in [3.8, 4) is 17.2 Å². The zero-order chi connectivity index (χ0) is 41.4. The third-order valence-electron chi connectivity index (χ3n) is 13.2. The predicted molar refractivity (Wildman–Crippen MR) is 229 cm³/mol. The van der Waals surface area contributed by atoms with E-state index in [1.54, 1.807) is 24.3 Å². The maximum Gasteiger partial charge on any atom is 0.388 e. The zero-order valence-electron chi connectivity index (χ0n) is 34.5. The Kier molecular flexibility index (Phi) is 12.0. The molecule has 2 N–H and O–H groups in total. The third kappa shape index (κ3) is 8.58. The van der Waals surface area contributed by atoms with Gasteiger partial charge < -0.3 is 24.3 Å². The molecule has 0 bridgehead atoms. The molecule has 5 atom stereocenters. The number of nitrogens with zero attached hydrogens (tertiary/aromatic N) is 1. The lowest BCUT2D eigenvalue weighted by Gasteiger charge is -2.47. The summed E-state index contributed by atoms with van der Waals surface area (Å²) in [5, 5.41) is 4.15. The second kappa shape index (κ2) is 17.1. The molecule has 1 unspecified atom stereocenters. The fourth-order valence-corrected chi connectivity index (χ4v) is 11.2. The number of rotatable bonds is 12. The molecule has 0 saturated heterocycles. The van der Waals surface area contributed by atoms with E-state index in [2.05, 4.69) is 36.3 Å². The minimum Gasteiger partial charge on any atom is -0.493 e. The minimum atomic E-state index is -3.71. The van der Waals surface area contributed by atoms with Gasteiger partial charge in [-0.2, -0.15) is 4.55 Å². The average molecular weight is 844 g/mol. The molecule has 2 heterocycles. The normalized spacial score (nSPS) is 26.2. The number of benzene rings is 3. The lowest BCUT2D eigenvalue weighted by atomic mass is 9.59. The number of carbonyl (C=O) groups excluding carboxylic acids is 1. The summed E-state index contributed by atoms with van der Waals surface area (Å²) in [6.07, 6.45) is 9.62. The molecular formula is C47H56ClN2O8S+. The summed E-state index contributed by atoms with van der Waals surface area (Å²) < 4.78 is 54.5.